The van der Waals surface area contributed by atoms with E-state index in [1.165, 1.54) is 21.7 Å². The number of halogens is 2. The molecular formula is C20H29Cl2OP2Ti+. The summed E-state index contributed by atoms with van der Waals surface area (Å²) in [6, 6.07) is 10.9. The van der Waals surface area contributed by atoms with Gasteiger partial charge in [0.1, 0.15) is 5.75 Å². The Bertz CT molecular complexity index is 743. The van der Waals surface area contributed by atoms with Gasteiger partial charge in [0, 0.05) is 18.5 Å². The normalized spacial score (nSPS) is 11.6. The Morgan fingerprint density at radius 1 is 1.04 bits per heavy atom. The van der Waals surface area contributed by atoms with Gasteiger partial charge in [-0.15, -0.1) is 0 Å². The minimum absolute atomic E-state index is 0.0940. The molecule has 6 heteroatoms. The SMILES string of the molecule is Cc1cc(C(C)(C)C)cc(Pc2c(C)cccc2[PH+](C)C)c1O.[Cl][Ti][Cl]. The Balaban J connectivity index is 0.00000105. The molecule has 0 saturated carbocycles. The second-order valence-electron chi connectivity index (χ2n) is 7.63. The average molecular weight is 466 g/mol. The van der Waals surface area contributed by atoms with E-state index in [1.807, 2.05) is 6.92 Å². The zero-order chi connectivity index (χ0) is 20.1. The van der Waals surface area contributed by atoms with E-state index in [1.54, 1.807) is 0 Å². The van der Waals surface area contributed by atoms with E-state index in [2.05, 4.69) is 71.4 Å². The fourth-order valence-corrected chi connectivity index (χ4v) is 6.07. The number of aromatic hydroxyl groups is 1. The number of aryl methyl sites for hydroxylation is 2. The third kappa shape index (κ3) is 6.77. The van der Waals surface area contributed by atoms with Crippen molar-refractivity contribution in [3.63, 3.8) is 0 Å². The number of benzene rings is 2. The zero-order valence-electron chi connectivity index (χ0n) is 16.6. The minimum atomic E-state index is -0.556. The van der Waals surface area contributed by atoms with Crippen LogP contribution in [-0.4, -0.2) is 18.4 Å². The Kier molecular flexibility index (Phi) is 10.2. The molecule has 142 valence electrons. The molecule has 1 nitrogen and oxygen atoms in total. The molecule has 2 aromatic rings. The van der Waals surface area contributed by atoms with Gasteiger partial charge >= 0.3 is 35.6 Å². The van der Waals surface area contributed by atoms with Gasteiger partial charge in [-0.05, 0) is 48.1 Å². The van der Waals surface area contributed by atoms with Gasteiger partial charge in [-0.1, -0.05) is 47.6 Å². The molecule has 1 N–H and O–H groups in total. The number of phenolic OH excluding ortho intramolecular Hbond substituents is 1. The van der Waals surface area contributed by atoms with Gasteiger partial charge < -0.3 is 5.11 Å². The third-order valence-electron chi connectivity index (χ3n) is 4.24. The Morgan fingerprint density at radius 3 is 2.12 bits per heavy atom. The van der Waals surface area contributed by atoms with Gasteiger partial charge in [-0.2, -0.15) is 0 Å². The number of hydrogen-bond acceptors (Lipinski definition) is 1. The number of hydrogen-bond donors (Lipinski definition) is 1. The van der Waals surface area contributed by atoms with E-state index in [9.17, 15) is 5.11 Å². The second kappa shape index (κ2) is 10.8. The van der Waals surface area contributed by atoms with Crippen molar-refractivity contribution in [3.8, 4) is 5.75 Å². The van der Waals surface area contributed by atoms with Crippen LogP contribution in [0.15, 0.2) is 30.3 Å². The Labute approximate surface area is 178 Å². The van der Waals surface area contributed by atoms with Crippen LogP contribution in [0.4, 0.5) is 0 Å². The summed E-state index contributed by atoms with van der Waals surface area (Å²) in [6.45, 7) is 15.5. The van der Waals surface area contributed by atoms with Gasteiger partial charge in [0.2, 0.25) is 0 Å². The first-order chi connectivity index (χ1) is 12.0. The van der Waals surface area contributed by atoms with E-state index in [-0.39, 0.29) is 5.41 Å². The molecule has 2 rings (SSSR count). The molecule has 1 atom stereocenters. The van der Waals surface area contributed by atoms with Crippen LogP contribution < -0.4 is 15.9 Å². The van der Waals surface area contributed by atoms with Crippen molar-refractivity contribution < 1.29 is 22.1 Å². The van der Waals surface area contributed by atoms with Crippen LogP contribution in [0.5, 0.6) is 5.75 Å². The second-order valence-corrected chi connectivity index (χ2v) is 14.0. The Hall–Kier alpha value is 0.394. The molecule has 26 heavy (non-hydrogen) atoms. The van der Waals surface area contributed by atoms with E-state index in [0.717, 1.165) is 10.9 Å². The summed E-state index contributed by atoms with van der Waals surface area (Å²) in [5.74, 6) is 0.464. The van der Waals surface area contributed by atoms with Crippen molar-refractivity contribution in [2.75, 3.05) is 13.3 Å². The first kappa shape index (κ1) is 24.4. The molecular weight excluding hydrogens is 437 g/mol. The van der Waals surface area contributed by atoms with Gasteiger partial charge in [0.25, 0.3) is 0 Å². The molecule has 0 radical (unpaired) electrons. The maximum absolute atomic E-state index is 10.6. The zero-order valence-corrected chi connectivity index (χ0v) is 21.7. The monoisotopic (exact) mass is 465 g/mol. The Morgan fingerprint density at radius 2 is 1.62 bits per heavy atom. The molecule has 2 aromatic carbocycles. The molecule has 0 aliphatic carbocycles. The predicted octanol–water partition coefficient (Wildman–Crippen LogP) is 5.41. The van der Waals surface area contributed by atoms with Crippen LogP contribution in [0.25, 0.3) is 0 Å². The summed E-state index contributed by atoms with van der Waals surface area (Å²) >= 11 is -0.556. The molecule has 1 unspecified atom stereocenters. The standard InChI is InChI=1S/C20H28OP2.2ClH.Ti/c1-13-9-8-10-17(23(6)7)19(13)22-16-12-15(20(3,4)5)11-14(2)18(16)21;;;/h8-12,21-22H,1-7H3;2*1H;/q;;;+2/p-1. The molecule has 0 heterocycles. The van der Waals surface area contributed by atoms with Crippen molar-refractivity contribution >= 4 is 51.0 Å². The van der Waals surface area contributed by atoms with E-state index < -0.39 is 25.0 Å². The summed E-state index contributed by atoms with van der Waals surface area (Å²) in [4.78, 5) is 0. The van der Waals surface area contributed by atoms with Crippen molar-refractivity contribution in [1.29, 1.82) is 0 Å². The molecule has 0 fully saturated rings. The quantitative estimate of drug-likeness (QED) is 0.474. The van der Waals surface area contributed by atoms with Crippen LogP contribution in [0.3, 0.4) is 0 Å². The molecule has 0 spiro atoms. The van der Waals surface area contributed by atoms with Crippen molar-refractivity contribution in [1.82, 2.24) is 0 Å². The summed E-state index contributed by atoms with van der Waals surface area (Å²) in [6.07, 6.45) is 0. The van der Waals surface area contributed by atoms with Gasteiger partial charge in [-0.3, -0.25) is 0 Å². The third-order valence-corrected chi connectivity index (χ3v) is 7.55. The fourth-order valence-electron chi connectivity index (χ4n) is 2.69. The average Bonchev–Trinajstić information content (AvgIpc) is 2.52. The van der Waals surface area contributed by atoms with Crippen LogP contribution in [-0.2, 0) is 22.4 Å². The molecule has 0 aliphatic rings. The first-order valence-corrected chi connectivity index (χ1v) is 16.3. The van der Waals surface area contributed by atoms with E-state index >= 15 is 0 Å². The van der Waals surface area contributed by atoms with Gasteiger partial charge in [-0.25, -0.2) is 0 Å². The van der Waals surface area contributed by atoms with Gasteiger partial charge in [0.05, 0.1) is 18.6 Å². The van der Waals surface area contributed by atoms with Crippen LogP contribution >= 0.6 is 35.1 Å². The molecule has 0 saturated heterocycles. The van der Waals surface area contributed by atoms with E-state index in [4.69, 9.17) is 18.6 Å². The van der Waals surface area contributed by atoms with Crippen molar-refractivity contribution in [3.05, 3.63) is 47.0 Å². The van der Waals surface area contributed by atoms with Gasteiger partial charge in [0.15, 0.2) is 0 Å². The molecule has 0 aliphatic heterocycles. The number of phenols is 1. The first-order valence-electron chi connectivity index (χ1n) is 8.50. The van der Waals surface area contributed by atoms with E-state index in [0.29, 0.717) is 14.3 Å². The molecule has 0 bridgehead atoms. The topological polar surface area (TPSA) is 20.2 Å². The van der Waals surface area contributed by atoms with Crippen LogP contribution in [0.2, 0.25) is 0 Å². The van der Waals surface area contributed by atoms with Crippen LogP contribution in [0.1, 0.15) is 37.5 Å². The molecule has 0 amide bonds. The van der Waals surface area contributed by atoms with Crippen molar-refractivity contribution in [2.24, 2.45) is 0 Å². The maximum atomic E-state index is 10.6. The fraction of sp³-hybridized carbons (Fsp3) is 0.400. The van der Waals surface area contributed by atoms with Crippen molar-refractivity contribution in [2.45, 2.75) is 40.0 Å². The predicted molar refractivity (Wildman–Crippen MR) is 122 cm³/mol. The number of rotatable bonds is 3. The summed E-state index contributed by atoms with van der Waals surface area (Å²) in [7, 11) is 9.77. The van der Waals surface area contributed by atoms with Crippen LogP contribution in [0, 0.1) is 13.8 Å². The summed E-state index contributed by atoms with van der Waals surface area (Å²) < 4.78 is 0. The summed E-state index contributed by atoms with van der Waals surface area (Å²) in [5.41, 5.74) is 3.71. The molecule has 0 aromatic heterocycles. The summed E-state index contributed by atoms with van der Waals surface area (Å²) in [5, 5.41) is 14.6.